The summed E-state index contributed by atoms with van der Waals surface area (Å²) in [5.41, 5.74) is -0.0389. The topological polar surface area (TPSA) is 49.3 Å². The largest absolute Gasteiger partial charge is 0.392 e. The van der Waals surface area contributed by atoms with E-state index in [0.29, 0.717) is 18.5 Å². The molecule has 1 saturated carbocycles. The average Bonchev–Trinajstić information content (AvgIpc) is 3.24. The van der Waals surface area contributed by atoms with Gasteiger partial charge < -0.3 is 10.4 Å². The molecule has 0 saturated heterocycles. The van der Waals surface area contributed by atoms with E-state index in [0.717, 1.165) is 6.07 Å². The van der Waals surface area contributed by atoms with Gasteiger partial charge in [-0.1, -0.05) is 33.8 Å². The fraction of sp³-hybridized carbons (Fsp3) is 0.611. The van der Waals surface area contributed by atoms with Crippen LogP contribution in [0.2, 0.25) is 0 Å². The van der Waals surface area contributed by atoms with E-state index in [4.69, 9.17) is 0 Å². The molecule has 23 heavy (non-hydrogen) atoms. The first-order valence-corrected chi connectivity index (χ1v) is 8.04. The van der Waals surface area contributed by atoms with Crippen LogP contribution in [0, 0.1) is 28.9 Å². The first kappa shape index (κ1) is 17.9. The van der Waals surface area contributed by atoms with E-state index in [1.165, 1.54) is 12.1 Å². The van der Waals surface area contributed by atoms with Crippen LogP contribution in [-0.4, -0.2) is 23.7 Å². The molecule has 2 rings (SSSR count). The Morgan fingerprint density at radius 2 is 2.04 bits per heavy atom. The van der Waals surface area contributed by atoms with Crippen LogP contribution in [-0.2, 0) is 4.79 Å². The van der Waals surface area contributed by atoms with Crippen molar-refractivity contribution in [2.75, 3.05) is 6.54 Å². The Bertz CT molecular complexity index is 586. The van der Waals surface area contributed by atoms with Gasteiger partial charge in [0.1, 0.15) is 11.6 Å². The molecule has 0 aromatic heterocycles. The summed E-state index contributed by atoms with van der Waals surface area (Å²) < 4.78 is 26.7. The van der Waals surface area contributed by atoms with Crippen molar-refractivity contribution < 1.29 is 18.7 Å². The third-order valence-corrected chi connectivity index (χ3v) is 4.64. The van der Waals surface area contributed by atoms with Gasteiger partial charge in [0.2, 0.25) is 5.91 Å². The lowest BCUT2D eigenvalue weighted by Crippen LogP contribution is -2.44. The molecule has 128 valence electrons. The van der Waals surface area contributed by atoms with Crippen LogP contribution in [0.5, 0.6) is 0 Å². The van der Waals surface area contributed by atoms with E-state index >= 15 is 0 Å². The van der Waals surface area contributed by atoms with Gasteiger partial charge in [0.15, 0.2) is 0 Å². The van der Waals surface area contributed by atoms with Crippen LogP contribution in [0.25, 0.3) is 0 Å². The van der Waals surface area contributed by atoms with E-state index in [-0.39, 0.29) is 23.7 Å². The molecule has 0 aliphatic heterocycles. The lowest BCUT2D eigenvalue weighted by atomic mass is 9.80. The molecule has 1 aromatic rings. The number of carbonyl (C=O) groups excluding carboxylic acids is 1. The van der Waals surface area contributed by atoms with Crippen molar-refractivity contribution >= 4 is 5.91 Å². The maximum atomic E-state index is 13.7. The van der Waals surface area contributed by atoms with Gasteiger partial charge in [-0.2, -0.15) is 0 Å². The Hall–Kier alpha value is -1.49. The van der Waals surface area contributed by atoms with E-state index in [9.17, 15) is 18.7 Å². The highest BCUT2D eigenvalue weighted by atomic mass is 19.1. The predicted molar refractivity (Wildman–Crippen MR) is 84.8 cm³/mol. The highest BCUT2D eigenvalue weighted by molar-refractivity contribution is 5.82. The van der Waals surface area contributed by atoms with Crippen LogP contribution in [0.4, 0.5) is 8.78 Å². The molecule has 1 aromatic carbocycles. The maximum absolute atomic E-state index is 13.7. The summed E-state index contributed by atoms with van der Waals surface area (Å²) in [5, 5.41) is 13.0. The monoisotopic (exact) mass is 325 g/mol. The van der Waals surface area contributed by atoms with Crippen LogP contribution >= 0.6 is 0 Å². The second kappa shape index (κ2) is 6.56. The van der Waals surface area contributed by atoms with E-state index in [1.807, 2.05) is 27.7 Å². The number of aliphatic hydroxyl groups is 1. The second-order valence-electron chi connectivity index (χ2n) is 7.51. The first-order valence-electron chi connectivity index (χ1n) is 8.04. The lowest BCUT2D eigenvalue weighted by Gasteiger charge is -2.33. The zero-order chi connectivity index (χ0) is 17.4. The van der Waals surface area contributed by atoms with Crippen molar-refractivity contribution in [2.45, 2.75) is 46.1 Å². The highest BCUT2D eigenvalue weighted by Crippen LogP contribution is 2.48. The van der Waals surface area contributed by atoms with Crippen LogP contribution in [0.1, 0.15) is 45.6 Å². The summed E-state index contributed by atoms with van der Waals surface area (Å²) in [5.74, 6) is -1.71. The quantitative estimate of drug-likeness (QED) is 0.844. The van der Waals surface area contributed by atoms with Gasteiger partial charge in [-0.15, -0.1) is 0 Å². The summed E-state index contributed by atoms with van der Waals surface area (Å²) in [6.07, 6.45) is 0.0500. The van der Waals surface area contributed by atoms with E-state index < -0.39 is 23.2 Å². The van der Waals surface area contributed by atoms with E-state index in [2.05, 4.69) is 5.32 Å². The third-order valence-electron chi connectivity index (χ3n) is 4.64. The minimum Gasteiger partial charge on any atom is -0.392 e. The molecule has 1 amide bonds. The van der Waals surface area contributed by atoms with Crippen LogP contribution in [0.3, 0.4) is 0 Å². The van der Waals surface area contributed by atoms with Crippen molar-refractivity contribution in [2.24, 2.45) is 17.3 Å². The molecule has 1 aliphatic rings. The molecule has 0 heterocycles. The Labute approximate surface area is 136 Å². The number of hydrogen-bond acceptors (Lipinski definition) is 2. The second-order valence-corrected chi connectivity index (χ2v) is 7.51. The summed E-state index contributed by atoms with van der Waals surface area (Å²) in [4.78, 5) is 12.2. The molecule has 3 atom stereocenters. The standard InChI is InChI=1S/C18H25F2NO2/c1-10(2)16(22)18(3,4)9-21-17(23)14-8-13(14)12-6-5-11(19)7-15(12)20/h5-7,10,13-14,16,22H,8-9H2,1-4H3,(H,21,23). The minimum atomic E-state index is -0.614. The third kappa shape index (κ3) is 4.08. The molecule has 3 unspecified atom stereocenters. The number of benzene rings is 1. The van der Waals surface area contributed by atoms with Gasteiger partial charge in [-0.05, 0) is 29.9 Å². The summed E-state index contributed by atoms with van der Waals surface area (Å²) >= 11 is 0. The van der Waals surface area contributed by atoms with Gasteiger partial charge in [-0.25, -0.2) is 8.78 Å². The average molecular weight is 325 g/mol. The Morgan fingerprint density at radius 3 is 2.61 bits per heavy atom. The molecule has 2 N–H and O–H groups in total. The van der Waals surface area contributed by atoms with Crippen LogP contribution < -0.4 is 5.32 Å². The Kier molecular flexibility index (Phi) is 5.09. The van der Waals surface area contributed by atoms with Gasteiger partial charge in [0.05, 0.1) is 6.10 Å². The van der Waals surface area contributed by atoms with Crippen molar-refractivity contribution in [1.82, 2.24) is 5.32 Å². The van der Waals surface area contributed by atoms with Gasteiger partial charge in [0.25, 0.3) is 0 Å². The smallest absolute Gasteiger partial charge is 0.223 e. The predicted octanol–water partition coefficient (Wildman–Crippen LogP) is 3.23. The number of nitrogens with one attached hydrogen (secondary N) is 1. The van der Waals surface area contributed by atoms with Gasteiger partial charge in [0, 0.05) is 23.9 Å². The molecule has 5 heteroatoms. The molecular weight excluding hydrogens is 300 g/mol. The van der Waals surface area contributed by atoms with Crippen molar-refractivity contribution in [3.8, 4) is 0 Å². The molecule has 1 aliphatic carbocycles. The number of aliphatic hydroxyl groups excluding tert-OH is 1. The van der Waals surface area contributed by atoms with Crippen molar-refractivity contribution in [1.29, 1.82) is 0 Å². The van der Waals surface area contributed by atoms with Crippen molar-refractivity contribution in [3.05, 3.63) is 35.4 Å². The number of amides is 1. The Balaban J connectivity index is 1.91. The lowest BCUT2D eigenvalue weighted by molar-refractivity contribution is -0.123. The zero-order valence-corrected chi connectivity index (χ0v) is 14.1. The summed E-state index contributed by atoms with van der Waals surface area (Å²) in [6.45, 7) is 8.04. The minimum absolute atomic E-state index is 0.101. The number of carbonyl (C=O) groups is 1. The van der Waals surface area contributed by atoms with Crippen LogP contribution in [0.15, 0.2) is 18.2 Å². The number of hydrogen-bond donors (Lipinski definition) is 2. The first-order chi connectivity index (χ1) is 10.6. The molecule has 0 bridgehead atoms. The van der Waals surface area contributed by atoms with E-state index in [1.54, 1.807) is 0 Å². The zero-order valence-electron chi connectivity index (χ0n) is 14.1. The van der Waals surface area contributed by atoms with Crippen molar-refractivity contribution in [3.63, 3.8) is 0 Å². The number of halogens is 2. The molecule has 1 fully saturated rings. The molecule has 0 radical (unpaired) electrons. The molecule has 0 spiro atoms. The SMILES string of the molecule is CC(C)C(O)C(C)(C)CNC(=O)C1CC1c1ccc(F)cc1F. The highest BCUT2D eigenvalue weighted by Gasteiger charge is 2.45. The van der Waals surface area contributed by atoms with Gasteiger partial charge in [-0.3, -0.25) is 4.79 Å². The summed E-state index contributed by atoms with van der Waals surface area (Å²) in [7, 11) is 0. The molecular formula is C18H25F2NO2. The fourth-order valence-corrected chi connectivity index (χ4v) is 3.08. The Morgan fingerprint density at radius 1 is 1.39 bits per heavy atom. The van der Waals surface area contributed by atoms with Gasteiger partial charge >= 0.3 is 0 Å². The fourth-order valence-electron chi connectivity index (χ4n) is 3.08. The molecule has 3 nitrogen and oxygen atoms in total. The maximum Gasteiger partial charge on any atom is 0.223 e. The summed E-state index contributed by atoms with van der Waals surface area (Å²) in [6, 6.07) is 3.48. The number of rotatable bonds is 6. The normalized spacial score (nSPS) is 22.1.